The lowest BCUT2D eigenvalue weighted by atomic mass is 10.2. The van der Waals surface area contributed by atoms with E-state index in [1.54, 1.807) is 12.5 Å². The molecule has 0 amide bonds. The van der Waals surface area contributed by atoms with E-state index in [1.165, 1.54) is 0 Å². The number of oxazole rings is 1. The molecule has 2 heterocycles. The second-order valence-corrected chi connectivity index (χ2v) is 5.15. The van der Waals surface area contributed by atoms with Gasteiger partial charge >= 0.3 is 0 Å². The highest BCUT2D eigenvalue weighted by Crippen LogP contribution is 2.23. The van der Waals surface area contributed by atoms with E-state index < -0.39 is 0 Å². The van der Waals surface area contributed by atoms with E-state index in [1.807, 2.05) is 36.5 Å². The zero-order valence-electron chi connectivity index (χ0n) is 12.2. The van der Waals surface area contributed by atoms with Crippen LogP contribution in [-0.2, 0) is 6.54 Å². The molecular weight excluding hydrogens is 264 g/mol. The van der Waals surface area contributed by atoms with Crippen molar-refractivity contribution in [2.45, 2.75) is 6.54 Å². The molecule has 0 N–H and O–H groups in total. The summed E-state index contributed by atoms with van der Waals surface area (Å²) in [4.78, 5) is 11.1. The van der Waals surface area contributed by atoms with E-state index in [9.17, 15) is 0 Å². The molecule has 0 atom stereocenters. The van der Waals surface area contributed by atoms with Crippen molar-refractivity contribution < 1.29 is 4.42 Å². The Labute approximate surface area is 123 Å². The van der Waals surface area contributed by atoms with Crippen LogP contribution in [0, 0.1) is 0 Å². The fraction of sp³-hybridized carbons (Fsp3) is 0.250. The highest BCUT2D eigenvalue weighted by molar-refractivity contribution is 5.58. The number of rotatable bonds is 5. The van der Waals surface area contributed by atoms with Crippen LogP contribution < -0.4 is 0 Å². The Morgan fingerprint density at radius 1 is 1.19 bits per heavy atom. The molecule has 0 unspecified atom stereocenters. The maximum atomic E-state index is 5.58. The van der Waals surface area contributed by atoms with Crippen molar-refractivity contribution in [2.24, 2.45) is 0 Å². The van der Waals surface area contributed by atoms with Gasteiger partial charge in [-0.25, -0.2) is 9.97 Å². The van der Waals surface area contributed by atoms with Crippen LogP contribution in [0.5, 0.6) is 0 Å². The quantitative estimate of drug-likeness (QED) is 0.722. The number of aromatic nitrogens is 3. The normalized spacial score (nSPS) is 11.2. The first kappa shape index (κ1) is 13.6. The van der Waals surface area contributed by atoms with Gasteiger partial charge in [0.25, 0.3) is 0 Å². The summed E-state index contributed by atoms with van der Waals surface area (Å²) < 4.78 is 7.67. The van der Waals surface area contributed by atoms with Crippen molar-refractivity contribution in [3.8, 4) is 23.0 Å². The fourth-order valence-electron chi connectivity index (χ4n) is 2.12. The first-order valence-corrected chi connectivity index (χ1v) is 6.91. The Morgan fingerprint density at radius 2 is 2.00 bits per heavy atom. The largest absolute Gasteiger partial charge is 0.444 e. The van der Waals surface area contributed by atoms with Gasteiger partial charge in [0.15, 0.2) is 5.82 Å². The Hall–Kier alpha value is -2.40. The van der Waals surface area contributed by atoms with Gasteiger partial charge in [-0.2, -0.15) is 0 Å². The predicted molar refractivity (Wildman–Crippen MR) is 81.7 cm³/mol. The summed E-state index contributed by atoms with van der Waals surface area (Å²) in [5.74, 6) is 1.45. The molecule has 5 heteroatoms. The predicted octanol–water partition coefficient (Wildman–Crippen LogP) is 2.77. The molecule has 0 saturated heterocycles. The molecule has 21 heavy (non-hydrogen) atoms. The number of hydrogen-bond acceptors (Lipinski definition) is 4. The van der Waals surface area contributed by atoms with Crippen molar-refractivity contribution in [3.05, 3.63) is 49.0 Å². The van der Waals surface area contributed by atoms with Crippen LogP contribution in [0.2, 0.25) is 0 Å². The van der Waals surface area contributed by atoms with Crippen LogP contribution in [0.1, 0.15) is 0 Å². The standard InChI is InChI=1S/C16H18N4O/c1-19(2)10-11-20-9-8-17-15(20)14-12-21-16(18-14)13-6-4-3-5-7-13/h3-9,12H,10-11H2,1-2H3. The molecule has 0 bridgehead atoms. The highest BCUT2D eigenvalue weighted by Gasteiger charge is 2.12. The fourth-order valence-corrected chi connectivity index (χ4v) is 2.12. The maximum absolute atomic E-state index is 5.58. The van der Waals surface area contributed by atoms with E-state index in [-0.39, 0.29) is 0 Å². The van der Waals surface area contributed by atoms with Crippen molar-refractivity contribution in [2.75, 3.05) is 20.6 Å². The van der Waals surface area contributed by atoms with E-state index in [2.05, 4.69) is 33.5 Å². The van der Waals surface area contributed by atoms with E-state index in [0.717, 1.165) is 30.2 Å². The number of hydrogen-bond donors (Lipinski definition) is 0. The lowest BCUT2D eigenvalue weighted by Crippen LogP contribution is -2.18. The summed E-state index contributed by atoms with van der Waals surface area (Å²) in [7, 11) is 4.11. The van der Waals surface area contributed by atoms with Crippen LogP contribution >= 0.6 is 0 Å². The Kier molecular flexibility index (Phi) is 3.83. The van der Waals surface area contributed by atoms with Crippen LogP contribution in [-0.4, -0.2) is 40.1 Å². The van der Waals surface area contributed by atoms with E-state index >= 15 is 0 Å². The number of imidazole rings is 1. The molecule has 2 aromatic heterocycles. The van der Waals surface area contributed by atoms with Gasteiger partial charge in [0.1, 0.15) is 12.0 Å². The summed E-state index contributed by atoms with van der Waals surface area (Å²) in [5.41, 5.74) is 1.73. The third kappa shape index (κ3) is 3.03. The van der Waals surface area contributed by atoms with Crippen molar-refractivity contribution >= 4 is 0 Å². The van der Waals surface area contributed by atoms with Gasteiger partial charge in [-0.15, -0.1) is 0 Å². The first-order valence-electron chi connectivity index (χ1n) is 6.91. The molecular formula is C16H18N4O. The maximum Gasteiger partial charge on any atom is 0.226 e. The zero-order valence-corrected chi connectivity index (χ0v) is 12.2. The Balaban J connectivity index is 1.85. The SMILES string of the molecule is CN(C)CCn1ccnc1-c1coc(-c2ccccc2)n1. The molecule has 3 rings (SSSR count). The van der Waals surface area contributed by atoms with Crippen LogP contribution in [0.25, 0.3) is 23.0 Å². The molecule has 3 aromatic rings. The van der Waals surface area contributed by atoms with Gasteiger partial charge in [-0.3, -0.25) is 0 Å². The van der Waals surface area contributed by atoms with Gasteiger partial charge in [-0.1, -0.05) is 18.2 Å². The molecule has 0 aliphatic rings. The van der Waals surface area contributed by atoms with Crippen molar-refractivity contribution in [1.29, 1.82) is 0 Å². The zero-order chi connectivity index (χ0) is 14.7. The van der Waals surface area contributed by atoms with Crippen LogP contribution in [0.4, 0.5) is 0 Å². The Bertz CT molecular complexity index is 700. The first-order chi connectivity index (χ1) is 10.2. The number of nitrogens with zero attached hydrogens (tertiary/aromatic N) is 4. The second kappa shape index (κ2) is 5.93. The topological polar surface area (TPSA) is 47.1 Å². The molecule has 0 fully saturated rings. The monoisotopic (exact) mass is 282 g/mol. The smallest absolute Gasteiger partial charge is 0.226 e. The summed E-state index contributed by atoms with van der Waals surface area (Å²) >= 11 is 0. The molecule has 1 aromatic carbocycles. The van der Waals surface area contributed by atoms with Crippen molar-refractivity contribution in [3.63, 3.8) is 0 Å². The van der Waals surface area contributed by atoms with Gasteiger partial charge in [0, 0.05) is 31.0 Å². The number of likely N-dealkylation sites (N-methyl/N-ethyl adjacent to an activating group) is 1. The average Bonchev–Trinajstić information content (AvgIpc) is 3.14. The summed E-state index contributed by atoms with van der Waals surface area (Å²) in [6.45, 7) is 1.82. The van der Waals surface area contributed by atoms with Gasteiger partial charge in [0.2, 0.25) is 5.89 Å². The van der Waals surface area contributed by atoms with Crippen LogP contribution in [0.15, 0.2) is 53.4 Å². The van der Waals surface area contributed by atoms with Gasteiger partial charge in [-0.05, 0) is 26.2 Å². The second-order valence-electron chi connectivity index (χ2n) is 5.15. The summed E-state index contributed by atoms with van der Waals surface area (Å²) in [5, 5.41) is 0. The Morgan fingerprint density at radius 3 is 2.76 bits per heavy atom. The minimum absolute atomic E-state index is 0.618. The lowest BCUT2D eigenvalue weighted by molar-refractivity contribution is 0.385. The van der Waals surface area contributed by atoms with Gasteiger partial charge < -0.3 is 13.9 Å². The lowest BCUT2D eigenvalue weighted by Gasteiger charge is -2.11. The molecule has 0 radical (unpaired) electrons. The van der Waals surface area contributed by atoms with E-state index in [4.69, 9.17) is 4.42 Å². The van der Waals surface area contributed by atoms with Crippen LogP contribution in [0.3, 0.4) is 0 Å². The molecule has 5 nitrogen and oxygen atoms in total. The third-order valence-corrected chi connectivity index (χ3v) is 3.26. The average molecular weight is 282 g/mol. The molecule has 0 aliphatic carbocycles. The van der Waals surface area contributed by atoms with Crippen molar-refractivity contribution in [1.82, 2.24) is 19.4 Å². The number of benzene rings is 1. The molecule has 0 aliphatic heterocycles. The minimum atomic E-state index is 0.618. The molecule has 0 spiro atoms. The molecule has 108 valence electrons. The third-order valence-electron chi connectivity index (χ3n) is 3.26. The molecule has 0 saturated carbocycles. The minimum Gasteiger partial charge on any atom is -0.444 e. The highest BCUT2D eigenvalue weighted by atomic mass is 16.3. The van der Waals surface area contributed by atoms with Gasteiger partial charge in [0.05, 0.1) is 0 Å². The van der Waals surface area contributed by atoms with E-state index in [0.29, 0.717) is 5.89 Å². The summed E-state index contributed by atoms with van der Waals surface area (Å²) in [6.07, 6.45) is 5.42. The summed E-state index contributed by atoms with van der Waals surface area (Å²) in [6, 6.07) is 9.87.